The largest absolute Gasteiger partial charge is 0.442 e. The number of carbonyl (C=O) groups excluding carboxylic acids is 2. The molecule has 4 aromatic rings. The monoisotopic (exact) mass is 493 g/mol. The second-order valence-corrected chi connectivity index (χ2v) is 8.47. The molecule has 0 unspecified atom stereocenters. The van der Waals surface area contributed by atoms with Gasteiger partial charge in [0.05, 0.1) is 12.2 Å². The number of Topliss-reactive ketones (excluding diaryl/α,β-unsaturated/α-hetero) is 1. The van der Waals surface area contributed by atoms with E-state index >= 15 is 0 Å². The summed E-state index contributed by atoms with van der Waals surface area (Å²) in [5, 5.41) is 14.5. The minimum atomic E-state index is -0.648. The predicted molar refractivity (Wildman–Crippen MR) is 123 cm³/mol. The summed E-state index contributed by atoms with van der Waals surface area (Å²) >= 11 is 1.19. The van der Waals surface area contributed by atoms with E-state index in [0.29, 0.717) is 31.2 Å². The molecule has 1 atom stereocenters. The van der Waals surface area contributed by atoms with Gasteiger partial charge in [0.1, 0.15) is 18.1 Å². The highest BCUT2D eigenvalue weighted by molar-refractivity contribution is 7.11. The van der Waals surface area contributed by atoms with Crippen LogP contribution in [0.1, 0.15) is 70.1 Å². The van der Waals surface area contributed by atoms with Crippen LogP contribution in [0.3, 0.4) is 0 Å². The average Bonchev–Trinajstić information content (AvgIpc) is 3.65. The van der Waals surface area contributed by atoms with Gasteiger partial charge in [0, 0.05) is 23.6 Å². The minimum Gasteiger partial charge on any atom is -0.442 e. The van der Waals surface area contributed by atoms with Gasteiger partial charge in [0.15, 0.2) is 16.5 Å². The molecule has 1 aromatic carbocycles. The molecule has 0 aliphatic heterocycles. The fourth-order valence-electron chi connectivity index (χ4n) is 3.47. The second kappa shape index (κ2) is 11.3. The number of aromatic nitrogens is 3. The third-order valence-electron chi connectivity index (χ3n) is 5.17. The van der Waals surface area contributed by atoms with Crippen molar-refractivity contribution in [2.24, 2.45) is 0 Å². The van der Waals surface area contributed by atoms with Gasteiger partial charge in [-0.1, -0.05) is 12.8 Å². The van der Waals surface area contributed by atoms with Crippen molar-refractivity contribution in [3.8, 4) is 17.5 Å². The average molecular weight is 494 g/mol. The van der Waals surface area contributed by atoms with Gasteiger partial charge in [-0.3, -0.25) is 9.59 Å². The van der Waals surface area contributed by atoms with Gasteiger partial charge in [0.25, 0.3) is 11.8 Å². The zero-order chi connectivity index (χ0) is 24.6. The van der Waals surface area contributed by atoms with Crippen LogP contribution in [0.4, 0.5) is 4.39 Å². The van der Waals surface area contributed by atoms with Gasteiger partial charge in [-0.05, 0) is 37.1 Å². The lowest BCUT2D eigenvalue weighted by Crippen LogP contribution is -2.28. The first-order valence-corrected chi connectivity index (χ1v) is 11.7. The van der Waals surface area contributed by atoms with Crippen molar-refractivity contribution in [3.63, 3.8) is 0 Å². The molecule has 4 rings (SSSR count). The van der Waals surface area contributed by atoms with E-state index < -0.39 is 17.8 Å². The first-order valence-electron chi connectivity index (χ1n) is 10.8. The van der Waals surface area contributed by atoms with Gasteiger partial charge in [0.2, 0.25) is 11.7 Å². The van der Waals surface area contributed by atoms with Crippen LogP contribution in [-0.4, -0.2) is 26.6 Å². The van der Waals surface area contributed by atoms with Crippen molar-refractivity contribution in [2.75, 3.05) is 0 Å². The number of amides is 1. The fourth-order valence-corrected chi connectivity index (χ4v) is 4.01. The molecule has 0 fully saturated rings. The van der Waals surface area contributed by atoms with Crippen LogP contribution < -0.4 is 5.32 Å². The quantitative estimate of drug-likeness (QED) is 0.225. The topological polar surface area (TPSA) is 135 Å². The highest BCUT2D eigenvalue weighted by atomic mass is 32.1. The molecule has 0 saturated heterocycles. The van der Waals surface area contributed by atoms with Crippen molar-refractivity contribution >= 4 is 23.0 Å². The number of nitrogens with zero attached hydrogens (tertiary/aromatic N) is 4. The Bertz CT molecular complexity index is 1310. The van der Waals surface area contributed by atoms with Crippen molar-refractivity contribution < 1.29 is 22.8 Å². The summed E-state index contributed by atoms with van der Waals surface area (Å²) in [6.45, 7) is 0. The molecule has 35 heavy (non-hydrogen) atoms. The standard InChI is InChI=1S/C24H20FN5O4S/c25-16-8-6-15(7-9-16)22-30-18(14-26)20(34-22)17(29-21(32)24-28-11-13-35-24)4-2-1-3-5-19(31)23-27-10-12-33-23/h6-13,17H,1-5H2,(H,29,32)/t17-/m0/s1. The molecule has 0 aliphatic carbocycles. The Morgan fingerprint density at radius 3 is 2.66 bits per heavy atom. The number of nitriles is 1. The van der Waals surface area contributed by atoms with Crippen LogP contribution in [0.5, 0.6) is 0 Å². The Morgan fingerprint density at radius 1 is 1.14 bits per heavy atom. The first kappa shape index (κ1) is 24.0. The predicted octanol–water partition coefficient (Wildman–Crippen LogP) is 5.10. The Morgan fingerprint density at radius 2 is 1.97 bits per heavy atom. The lowest BCUT2D eigenvalue weighted by Gasteiger charge is -2.16. The molecule has 178 valence electrons. The highest BCUT2D eigenvalue weighted by Gasteiger charge is 2.26. The van der Waals surface area contributed by atoms with Gasteiger partial charge in [-0.25, -0.2) is 14.4 Å². The van der Waals surface area contributed by atoms with Crippen molar-refractivity contribution in [1.29, 1.82) is 5.26 Å². The molecule has 0 aliphatic rings. The maximum Gasteiger partial charge on any atom is 0.280 e. The van der Waals surface area contributed by atoms with Crippen LogP contribution in [0.25, 0.3) is 11.5 Å². The smallest absolute Gasteiger partial charge is 0.280 e. The Balaban J connectivity index is 1.47. The summed E-state index contributed by atoms with van der Waals surface area (Å²) in [4.78, 5) is 36.9. The lowest BCUT2D eigenvalue weighted by molar-refractivity contribution is 0.0927. The third kappa shape index (κ3) is 6.04. The van der Waals surface area contributed by atoms with Crippen LogP contribution in [0.15, 0.2) is 57.1 Å². The van der Waals surface area contributed by atoms with E-state index in [2.05, 4.69) is 20.3 Å². The SMILES string of the molecule is N#Cc1nc(-c2ccc(F)cc2)oc1[C@H](CCCCCC(=O)c1ncco1)NC(=O)c1nccs1. The molecule has 1 N–H and O–H groups in total. The van der Waals surface area contributed by atoms with Gasteiger partial charge in [-0.2, -0.15) is 10.2 Å². The molecule has 3 heterocycles. The maximum absolute atomic E-state index is 13.3. The molecular formula is C24H20FN5O4S. The molecular weight excluding hydrogens is 473 g/mol. The number of halogens is 1. The van der Waals surface area contributed by atoms with Crippen molar-refractivity contribution in [3.05, 3.63) is 76.5 Å². The Kier molecular flexibility index (Phi) is 7.74. The lowest BCUT2D eigenvalue weighted by atomic mass is 10.0. The number of rotatable bonds is 11. The summed E-state index contributed by atoms with van der Waals surface area (Å²) in [5.41, 5.74) is 0.539. The maximum atomic E-state index is 13.3. The van der Waals surface area contributed by atoms with Gasteiger partial charge in [-0.15, -0.1) is 11.3 Å². The van der Waals surface area contributed by atoms with E-state index in [1.54, 1.807) is 5.38 Å². The van der Waals surface area contributed by atoms with Gasteiger partial charge < -0.3 is 14.2 Å². The normalized spacial score (nSPS) is 11.7. The van der Waals surface area contributed by atoms with Crippen molar-refractivity contribution in [1.82, 2.24) is 20.3 Å². The Labute approximate surface area is 203 Å². The molecule has 11 heteroatoms. The number of unbranched alkanes of at least 4 members (excludes halogenated alkanes) is 2. The second-order valence-electron chi connectivity index (χ2n) is 7.57. The zero-order valence-corrected chi connectivity index (χ0v) is 19.3. The highest BCUT2D eigenvalue weighted by Crippen LogP contribution is 2.29. The molecule has 0 radical (unpaired) electrons. The number of nitrogens with one attached hydrogen (secondary N) is 1. The van der Waals surface area contributed by atoms with E-state index in [1.807, 2.05) is 6.07 Å². The van der Waals surface area contributed by atoms with E-state index in [9.17, 15) is 19.2 Å². The number of thiazole rings is 1. The van der Waals surface area contributed by atoms with Crippen LogP contribution in [0, 0.1) is 17.1 Å². The van der Waals surface area contributed by atoms with E-state index in [0.717, 1.165) is 0 Å². The number of ketones is 1. The summed E-state index contributed by atoms with van der Waals surface area (Å²) < 4.78 is 24.2. The molecule has 9 nitrogen and oxygen atoms in total. The van der Waals surface area contributed by atoms with Crippen LogP contribution in [-0.2, 0) is 0 Å². The fraction of sp³-hybridized carbons (Fsp3) is 0.250. The number of benzene rings is 1. The van der Waals surface area contributed by atoms with Crippen molar-refractivity contribution in [2.45, 2.75) is 38.1 Å². The van der Waals surface area contributed by atoms with Crippen LogP contribution in [0.2, 0.25) is 0 Å². The van der Waals surface area contributed by atoms with Crippen LogP contribution >= 0.6 is 11.3 Å². The Hall–Kier alpha value is -4.17. The molecule has 1 amide bonds. The zero-order valence-electron chi connectivity index (χ0n) is 18.4. The number of hydrogen-bond acceptors (Lipinski definition) is 9. The van der Waals surface area contributed by atoms with Gasteiger partial charge >= 0.3 is 0 Å². The number of carbonyl (C=O) groups is 2. The molecule has 0 bridgehead atoms. The minimum absolute atomic E-state index is 0.0350. The summed E-state index contributed by atoms with van der Waals surface area (Å²) in [6, 6.07) is 6.91. The number of hydrogen-bond donors (Lipinski definition) is 1. The third-order valence-corrected chi connectivity index (χ3v) is 5.94. The molecule has 0 spiro atoms. The summed E-state index contributed by atoms with van der Waals surface area (Å²) in [7, 11) is 0. The number of oxazole rings is 2. The summed E-state index contributed by atoms with van der Waals surface area (Å²) in [6.07, 6.45) is 6.98. The first-order chi connectivity index (χ1) is 17.0. The molecule has 0 saturated carbocycles. The van der Waals surface area contributed by atoms with E-state index in [1.165, 1.54) is 54.3 Å². The van der Waals surface area contributed by atoms with E-state index in [-0.39, 0.29) is 40.4 Å². The van der Waals surface area contributed by atoms with E-state index in [4.69, 9.17) is 8.83 Å². The summed E-state index contributed by atoms with van der Waals surface area (Å²) in [5.74, 6) is -0.514. The molecule has 3 aromatic heterocycles.